The van der Waals surface area contributed by atoms with Crippen molar-refractivity contribution in [1.82, 2.24) is 15.3 Å². The second-order valence-electron chi connectivity index (χ2n) is 4.91. The van der Waals surface area contributed by atoms with E-state index in [4.69, 9.17) is 4.74 Å². The highest BCUT2D eigenvalue weighted by atomic mass is 32.1. The van der Waals surface area contributed by atoms with E-state index in [9.17, 15) is 4.79 Å². The molecule has 7 heteroatoms. The van der Waals surface area contributed by atoms with Gasteiger partial charge < -0.3 is 10.1 Å². The molecule has 0 saturated heterocycles. The summed E-state index contributed by atoms with van der Waals surface area (Å²) >= 11 is 1.36. The topological polar surface area (TPSA) is 76.1 Å². The summed E-state index contributed by atoms with van der Waals surface area (Å²) in [7, 11) is 1.62. The molecule has 0 aliphatic carbocycles. The third-order valence-electron chi connectivity index (χ3n) is 3.26. The lowest BCUT2D eigenvalue weighted by molar-refractivity contribution is 0.251. The summed E-state index contributed by atoms with van der Waals surface area (Å²) in [4.78, 5) is 20.6. The fraction of sp³-hybridized carbons (Fsp3) is 0.118. The van der Waals surface area contributed by atoms with Crippen molar-refractivity contribution in [2.24, 2.45) is 0 Å². The minimum absolute atomic E-state index is 0.298. The summed E-state index contributed by atoms with van der Waals surface area (Å²) in [6.07, 6.45) is 1.71. The first-order valence-electron chi connectivity index (χ1n) is 7.29. The Morgan fingerprint density at radius 2 is 2.00 bits per heavy atom. The number of hydrogen-bond acceptors (Lipinski definition) is 5. The minimum Gasteiger partial charge on any atom is -0.497 e. The zero-order valence-electron chi connectivity index (χ0n) is 13.0. The molecule has 3 rings (SSSR count). The summed E-state index contributed by atoms with van der Waals surface area (Å²) in [6, 6.07) is 12.8. The SMILES string of the molecule is COc1ccc(CNC(=O)Nc2nc(-c3ccccn3)cs2)cc1. The molecule has 0 aliphatic heterocycles. The number of aromatic nitrogens is 2. The minimum atomic E-state index is -0.298. The number of rotatable bonds is 5. The summed E-state index contributed by atoms with van der Waals surface area (Å²) in [5, 5.41) is 7.92. The summed E-state index contributed by atoms with van der Waals surface area (Å²) < 4.78 is 5.10. The lowest BCUT2D eigenvalue weighted by Crippen LogP contribution is -2.28. The molecule has 24 heavy (non-hydrogen) atoms. The van der Waals surface area contributed by atoms with Crippen LogP contribution in [0.1, 0.15) is 5.56 Å². The predicted molar refractivity (Wildman–Crippen MR) is 94.2 cm³/mol. The van der Waals surface area contributed by atoms with E-state index in [-0.39, 0.29) is 6.03 Å². The van der Waals surface area contributed by atoms with Crippen LogP contribution in [0.25, 0.3) is 11.4 Å². The highest BCUT2D eigenvalue weighted by Gasteiger charge is 2.08. The number of ether oxygens (including phenoxy) is 1. The van der Waals surface area contributed by atoms with Crippen LogP contribution < -0.4 is 15.4 Å². The fourth-order valence-corrected chi connectivity index (χ4v) is 2.73. The maximum absolute atomic E-state index is 12.0. The number of carbonyl (C=O) groups is 1. The van der Waals surface area contributed by atoms with Gasteiger partial charge in [0.25, 0.3) is 0 Å². The van der Waals surface area contributed by atoms with Crippen LogP contribution in [0.4, 0.5) is 9.93 Å². The van der Waals surface area contributed by atoms with Crippen LogP contribution in [0.3, 0.4) is 0 Å². The van der Waals surface area contributed by atoms with Crippen LogP contribution >= 0.6 is 11.3 Å². The summed E-state index contributed by atoms with van der Waals surface area (Å²) in [5.74, 6) is 0.785. The van der Waals surface area contributed by atoms with Gasteiger partial charge in [0.1, 0.15) is 11.4 Å². The first-order chi connectivity index (χ1) is 11.7. The highest BCUT2D eigenvalue weighted by Crippen LogP contribution is 2.22. The molecule has 1 aromatic carbocycles. The van der Waals surface area contributed by atoms with E-state index in [2.05, 4.69) is 20.6 Å². The molecule has 0 radical (unpaired) electrons. The van der Waals surface area contributed by atoms with E-state index in [0.29, 0.717) is 11.7 Å². The number of benzene rings is 1. The first-order valence-corrected chi connectivity index (χ1v) is 8.17. The molecule has 2 aromatic heterocycles. The van der Waals surface area contributed by atoms with Gasteiger partial charge in [-0.1, -0.05) is 18.2 Å². The van der Waals surface area contributed by atoms with Crippen molar-refractivity contribution in [2.45, 2.75) is 6.54 Å². The molecule has 3 aromatic rings. The number of hydrogen-bond donors (Lipinski definition) is 2. The third-order valence-corrected chi connectivity index (χ3v) is 4.02. The van der Waals surface area contributed by atoms with Crippen molar-refractivity contribution >= 4 is 22.5 Å². The normalized spacial score (nSPS) is 10.2. The highest BCUT2D eigenvalue weighted by molar-refractivity contribution is 7.14. The van der Waals surface area contributed by atoms with Gasteiger partial charge in [0, 0.05) is 18.1 Å². The predicted octanol–water partition coefficient (Wildman–Crippen LogP) is 3.54. The van der Waals surface area contributed by atoms with Crippen LogP contribution in [0.2, 0.25) is 0 Å². The van der Waals surface area contributed by atoms with Gasteiger partial charge in [0.15, 0.2) is 5.13 Å². The monoisotopic (exact) mass is 340 g/mol. The Hall–Kier alpha value is -2.93. The van der Waals surface area contributed by atoms with E-state index in [1.54, 1.807) is 13.3 Å². The Bertz CT molecular complexity index is 803. The van der Waals surface area contributed by atoms with Gasteiger partial charge in [-0.25, -0.2) is 9.78 Å². The molecule has 0 unspecified atom stereocenters. The Balaban J connectivity index is 1.54. The first kappa shape index (κ1) is 15.9. The van der Waals surface area contributed by atoms with Gasteiger partial charge in [-0.3, -0.25) is 10.3 Å². The number of anilines is 1. The molecular formula is C17H16N4O2S. The molecular weight excluding hydrogens is 324 g/mol. The molecule has 0 aliphatic rings. The number of urea groups is 1. The van der Waals surface area contributed by atoms with Gasteiger partial charge in [-0.2, -0.15) is 0 Å². The maximum Gasteiger partial charge on any atom is 0.321 e. The van der Waals surface area contributed by atoms with Gasteiger partial charge in [-0.05, 0) is 29.8 Å². The van der Waals surface area contributed by atoms with Gasteiger partial charge in [-0.15, -0.1) is 11.3 Å². The lowest BCUT2D eigenvalue weighted by Gasteiger charge is -2.06. The standard InChI is InChI=1S/C17H16N4O2S/c1-23-13-7-5-12(6-8-13)10-19-16(22)21-17-20-15(11-24-17)14-4-2-3-9-18-14/h2-9,11H,10H2,1H3,(H2,19,20,21,22). The molecule has 2 amide bonds. The van der Waals surface area contributed by atoms with Crippen LogP contribution in [0, 0.1) is 0 Å². The molecule has 0 fully saturated rings. The number of pyridine rings is 1. The van der Waals surface area contributed by atoms with Crippen molar-refractivity contribution in [1.29, 1.82) is 0 Å². The second kappa shape index (κ2) is 7.56. The van der Waals surface area contributed by atoms with E-state index < -0.39 is 0 Å². The molecule has 2 N–H and O–H groups in total. The number of thiazole rings is 1. The largest absolute Gasteiger partial charge is 0.497 e. The van der Waals surface area contributed by atoms with Gasteiger partial charge in [0.2, 0.25) is 0 Å². The van der Waals surface area contributed by atoms with E-state index in [1.165, 1.54) is 11.3 Å². The van der Waals surface area contributed by atoms with E-state index in [0.717, 1.165) is 22.7 Å². The summed E-state index contributed by atoms with van der Waals surface area (Å²) in [5.41, 5.74) is 2.51. The van der Waals surface area contributed by atoms with Crippen molar-refractivity contribution in [3.8, 4) is 17.1 Å². The molecule has 0 bridgehead atoms. The lowest BCUT2D eigenvalue weighted by atomic mass is 10.2. The Morgan fingerprint density at radius 3 is 2.71 bits per heavy atom. The number of methoxy groups -OCH3 is 1. The number of amides is 2. The van der Waals surface area contributed by atoms with Crippen molar-refractivity contribution in [3.05, 3.63) is 59.6 Å². The number of nitrogens with one attached hydrogen (secondary N) is 2. The van der Waals surface area contributed by atoms with Gasteiger partial charge in [0.05, 0.1) is 12.8 Å². The average Bonchev–Trinajstić information content (AvgIpc) is 3.09. The van der Waals surface area contributed by atoms with Crippen LogP contribution in [-0.4, -0.2) is 23.1 Å². The molecule has 0 spiro atoms. The zero-order chi connectivity index (χ0) is 16.8. The Labute approximate surface area is 143 Å². The van der Waals surface area contributed by atoms with Crippen LogP contribution in [0.15, 0.2) is 54.0 Å². The van der Waals surface area contributed by atoms with Gasteiger partial charge >= 0.3 is 6.03 Å². The maximum atomic E-state index is 12.0. The zero-order valence-corrected chi connectivity index (χ0v) is 13.8. The molecule has 2 heterocycles. The second-order valence-corrected chi connectivity index (χ2v) is 5.77. The third kappa shape index (κ3) is 4.08. The molecule has 0 saturated carbocycles. The van der Waals surface area contributed by atoms with E-state index in [1.807, 2.05) is 47.8 Å². The average molecular weight is 340 g/mol. The summed E-state index contributed by atoms with van der Waals surface area (Å²) in [6.45, 7) is 0.425. The van der Waals surface area contributed by atoms with Crippen molar-refractivity contribution in [3.63, 3.8) is 0 Å². The Morgan fingerprint density at radius 1 is 1.17 bits per heavy atom. The Kier molecular flexibility index (Phi) is 5.02. The van der Waals surface area contributed by atoms with Crippen LogP contribution in [-0.2, 0) is 6.54 Å². The van der Waals surface area contributed by atoms with Crippen molar-refractivity contribution < 1.29 is 9.53 Å². The number of carbonyl (C=O) groups excluding carboxylic acids is 1. The van der Waals surface area contributed by atoms with Crippen molar-refractivity contribution in [2.75, 3.05) is 12.4 Å². The molecule has 0 atom stereocenters. The van der Waals surface area contributed by atoms with Crippen LogP contribution in [0.5, 0.6) is 5.75 Å². The quantitative estimate of drug-likeness (QED) is 0.745. The number of nitrogens with zero attached hydrogens (tertiary/aromatic N) is 2. The molecule has 122 valence electrons. The van der Waals surface area contributed by atoms with E-state index >= 15 is 0 Å². The smallest absolute Gasteiger partial charge is 0.321 e. The molecule has 6 nitrogen and oxygen atoms in total. The fourth-order valence-electron chi connectivity index (χ4n) is 2.03.